The smallest absolute Gasteiger partial charge is 0.167 e. The Kier molecular flexibility index (Phi) is 3.10. The van der Waals surface area contributed by atoms with Gasteiger partial charge in [-0.3, -0.25) is 4.98 Å². The van der Waals surface area contributed by atoms with E-state index in [1.807, 2.05) is 41.2 Å². The van der Waals surface area contributed by atoms with Gasteiger partial charge in [-0.1, -0.05) is 24.1 Å². The molecule has 2 aromatic heterocycles. The van der Waals surface area contributed by atoms with Gasteiger partial charge in [0.1, 0.15) is 5.69 Å². The zero-order valence-electron chi connectivity index (χ0n) is 10.9. The van der Waals surface area contributed by atoms with Crippen molar-refractivity contribution in [3.8, 4) is 12.0 Å². The Morgan fingerprint density at radius 3 is 2.85 bits per heavy atom. The predicted molar refractivity (Wildman–Crippen MR) is 77.5 cm³/mol. The summed E-state index contributed by atoms with van der Waals surface area (Å²) in [7, 11) is 0. The maximum atomic E-state index is 14.0. The Balaban J connectivity index is 2.21. The maximum Gasteiger partial charge on any atom is 0.167 e. The minimum atomic E-state index is -0.409. The highest BCUT2D eigenvalue weighted by Crippen LogP contribution is 2.22. The molecule has 0 saturated carbocycles. The molecule has 0 amide bonds. The van der Waals surface area contributed by atoms with Gasteiger partial charge in [-0.05, 0) is 25.1 Å². The summed E-state index contributed by atoms with van der Waals surface area (Å²) in [6.45, 7) is 1.72. The molecule has 3 aromatic rings. The molecule has 0 saturated heterocycles. The van der Waals surface area contributed by atoms with E-state index in [9.17, 15) is 4.39 Å². The fraction of sp³-hybridized carbons (Fsp3) is 0.0625. The third-order valence-electron chi connectivity index (χ3n) is 2.99. The first-order valence-corrected chi connectivity index (χ1v) is 6.19. The van der Waals surface area contributed by atoms with Crippen LogP contribution < -0.4 is 5.01 Å². The molecular formula is C16H12FN3. The van der Waals surface area contributed by atoms with E-state index < -0.39 is 5.82 Å². The van der Waals surface area contributed by atoms with E-state index >= 15 is 0 Å². The SMILES string of the molecule is CC#CN(c1ccncc1F)n1ccc2ccccc21. The van der Waals surface area contributed by atoms with E-state index in [1.54, 1.807) is 24.2 Å². The van der Waals surface area contributed by atoms with Gasteiger partial charge in [0, 0.05) is 23.8 Å². The van der Waals surface area contributed by atoms with Crippen LogP contribution in [-0.4, -0.2) is 9.66 Å². The van der Waals surface area contributed by atoms with Gasteiger partial charge in [-0.2, -0.15) is 0 Å². The predicted octanol–water partition coefficient (Wildman–Crippen LogP) is 3.43. The van der Waals surface area contributed by atoms with Gasteiger partial charge < -0.3 is 0 Å². The van der Waals surface area contributed by atoms with Crippen molar-refractivity contribution >= 4 is 16.6 Å². The van der Waals surface area contributed by atoms with Crippen LogP contribution in [0.3, 0.4) is 0 Å². The molecule has 0 spiro atoms. The molecule has 20 heavy (non-hydrogen) atoms. The van der Waals surface area contributed by atoms with Crippen LogP contribution in [0.2, 0.25) is 0 Å². The van der Waals surface area contributed by atoms with Crippen molar-refractivity contribution < 1.29 is 4.39 Å². The van der Waals surface area contributed by atoms with Crippen molar-refractivity contribution in [1.82, 2.24) is 9.66 Å². The molecule has 2 heterocycles. The highest BCUT2D eigenvalue weighted by atomic mass is 19.1. The summed E-state index contributed by atoms with van der Waals surface area (Å²) in [5.41, 5.74) is 1.34. The fourth-order valence-electron chi connectivity index (χ4n) is 2.12. The Labute approximate surface area is 116 Å². The van der Waals surface area contributed by atoms with E-state index in [2.05, 4.69) is 16.9 Å². The summed E-state index contributed by atoms with van der Waals surface area (Å²) in [5, 5.41) is 2.66. The second-order valence-corrected chi connectivity index (χ2v) is 4.22. The van der Waals surface area contributed by atoms with E-state index in [0.717, 1.165) is 10.9 Å². The molecule has 0 fully saturated rings. The number of hydrogen-bond acceptors (Lipinski definition) is 2. The lowest BCUT2D eigenvalue weighted by Gasteiger charge is -2.20. The van der Waals surface area contributed by atoms with Crippen LogP contribution in [0, 0.1) is 17.8 Å². The minimum Gasteiger partial charge on any atom is -0.262 e. The van der Waals surface area contributed by atoms with Gasteiger partial charge in [0.2, 0.25) is 0 Å². The molecule has 3 rings (SSSR count). The molecule has 1 aromatic carbocycles. The van der Waals surface area contributed by atoms with E-state index in [0.29, 0.717) is 5.69 Å². The van der Waals surface area contributed by atoms with Crippen LogP contribution in [0.4, 0.5) is 10.1 Å². The van der Waals surface area contributed by atoms with Crippen molar-refractivity contribution in [2.75, 3.05) is 5.01 Å². The lowest BCUT2D eigenvalue weighted by atomic mass is 10.2. The number of nitrogens with zero attached hydrogens (tertiary/aromatic N) is 3. The average molecular weight is 265 g/mol. The van der Waals surface area contributed by atoms with Gasteiger partial charge in [-0.15, -0.1) is 0 Å². The van der Waals surface area contributed by atoms with Gasteiger partial charge in [0.15, 0.2) is 5.82 Å². The van der Waals surface area contributed by atoms with Crippen molar-refractivity contribution in [2.45, 2.75) is 6.92 Å². The zero-order chi connectivity index (χ0) is 13.9. The summed E-state index contributed by atoms with van der Waals surface area (Å²) >= 11 is 0. The molecule has 0 bridgehead atoms. The first-order valence-electron chi connectivity index (χ1n) is 6.19. The average Bonchev–Trinajstić information content (AvgIpc) is 2.90. The molecule has 98 valence electrons. The summed E-state index contributed by atoms with van der Waals surface area (Å²) in [6, 6.07) is 14.4. The van der Waals surface area contributed by atoms with Crippen molar-refractivity contribution in [3.05, 3.63) is 60.8 Å². The molecule has 0 N–H and O–H groups in total. The lowest BCUT2D eigenvalue weighted by Crippen LogP contribution is -2.24. The lowest BCUT2D eigenvalue weighted by molar-refractivity contribution is 0.615. The largest absolute Gasteiger partial charge is 0.262 e. The summed E-state index contributed by atoms with van der Waals surface area (Å²) in [6.07, 6.45) is 4.61. The quantitative estimate of drug-likeness (QED) is 0.523. The first kappa shape index (κ1) is 12.2. The topological polar surface area (TPSA) is 21.1 Å². The summed E-state index contributed by atoms with van der Waals surface area (Å²) in [5.74, 6) is 2.41. The summed E-state index contributed by atoms with van der Waals surface area (Å²) < 4.78 is 15.8. The van der Waals surface area contributed by atoms with Gasteiger partial charge >= 0.3 is 0 Å². The van der Waals surface area contributed by atoms with Crippen molar-refractivity contribution in [3.63, 3.8) is 0 Å². The monoisotopic (exact) mass is 265 g/mol. The van der Waals surface area contributed by atoms with E-state index in [4.69, 9.17) is 0 Å². The molecular weight excluding hydrogens is 253 g/mol. The van der Waals surface area contributed by atoms with E-state index in [-0.39, 0.29) is 0 Å². The molecule has 0 aliphatic rings. The first-order chi connectivity index (χ1) is 9.81. The third-order valence-corrected chi connectivity index (χ3v) is 2.99. The highest BCUT2D eigenvalue weighted by Gasteiger charge is 2.13. The van der Waals surface area contributed by atoms with Crippen LogP contribution in [0.5, 0.6) is 0 Å². The molecule has 0 radical (unpaired) electrons. The number of para-hydroxylation sites is 1. The second kappa shape index (κ2) is 5.06. The standard InChI is InChI=1S/C16H12FN3/c1-2-10-19(16-7-9-18-12-14(16)17)20-11-8-13-5-3-4-6-15(13)20/h3-9,11-12H,1H3. The number of aromatic nitrogens is 2. The second-order valence-electron chi connectivity index (χ2n) is 4.22. The number of anilines is 1. The molecule has 0 aliphatic carbocycles. The highest BCUT2D eigenvalue weighted by molar-refractivity contribution is 5.81. The third kappa shape index (κ3) is 1.99. The van der Waals surface area contributed by atoms with Crippen LogP contribution in [-0.2, 0) is 0 Å². The Morgan fingerprint density at radius 1 is 1.20 bits per heavy atom. The summed E-state index contributed by atoms with van der Waals surface area (Å²) in [4.78, 5) is 3.77. The van der Waals surface area contributed by atoms with Crippen LogP contribution in [0.25, 0.3) is 10.9 Å². The molecule has 0 aliphatic heterocycles. The van der Waals surface area contributed by atoms with Gasteiger partial charge in [0.25, 0.3) is 0 Å². The normalized spacial score (nSPS) is 10.1. The van der Waals surface area contributed by atoms with Gasteiger partial charge in [0.05, 0.1) is 11.7 Å². The van der Waals surface area contributed by atoms with Crippen molar-refractivity contribution in [2.24, 2.45) is 0 Å². The molecule has 4 heteroatoms. The van der Waals surface area contributed by atoms with Gasteiger partial charge in [-0.25, -0.2) is 14.1 Å². The molecule has 3 nitrogen and oxygen atoms in total. The van der Waals surface area contributed by atoms with E-state index in [1.165, 1.54) is 6.20 Å². The number of fused-ring (bicyclic) bond motifs is 1. The maximum absolute atomic E-state index is 14.0. The Hall–Kier alpha value is -2.80. The minimum absolute atomic E-state index is 0.371. The molecule has 0 atom stereocenters. The fourth-order valence-corrected chi connectivity index (χ4v) is 2.12. The zero-order valence-corrected chi connectivity index (χ0v) is 10.9. The number of hydrogen-bond donors (Lipinski definition) is 0. The molecule has 0 unspecified atom stereocenters. The number of benzene rings is 1. The number of halogens is 1. The Bertz CT molecular complexity index is 811. The van der Waals surface area contributed by atoms with Crippen LogP contribution in [0.1, 0.15) is 6.92 Å². The number of pyridine rings is 1. The Morgan fingerprint density at radius 2 is 2.05 bits per heavy atom. The van der Waals surface area contributed by atoms with Crippen LogP contribution >= 0.6 is 0 Å². The number of rotatable bonds is 2. The van der Waals surface area contributed by atoms with Crippen molar-refractivity contribution in [1.29, 1.82) is 0 Å². The van der Waals surface area contributed by atoms with Crippen LogP contribution in [0.15, 0.2) is 55.0 Å².